The Balaban J connectivity index is 1.50. The highest BCUT2D eigenvalue weighted by Gasteiger charge is 2.37. The molecule has 0 atom stereocenters. The highest BCUT2D eigenvalue weighted by molar-refractivity contribution is 6.04. The molecule has 4 aromatic rings. The van der Waals surface area contributed by atoms with Crippen LogP contribution in [0.5, 0.6) is 5.88 Å². The zero-order chi connectivity index (χ0) is 32.4. The lowest BCUT2D eigenvalue weighted by Crippen LogP contribution is -2.17. The maximum Gasteiger partial charge on any atom is 0.433 e. The summed E-state index contributed by atoms with van der Waals surface area (Å²) in [6.07, 6.45) is 4.59. The molecule has 0 aliphatic rings. The van der Waals surface area contributed by atoms with Gasteiger partial charge in [0.15, 0.2) is 17.3 Å². The van der Waals surface area contributed by atoms with Crippen LogP contribution in [0.3, 0.4) is 0 Å². The molecule has 45 heavy (non-hydrogen) atoms. The van der Waals surface area contributed by atoms with Crippen molar-refractivity contribution in [2.45, 2.75) is 32.9 Å². The molecule has 4 rings (SSSR count). The second kappa shape index (κ2) is 15.1. The molecule has 2 N–H and O–H groups in total. The van der Waals surface area contributed by atoms with Gasteiger partial charge in [-0.15, -0.1) is 10.2 Å². The van der Waals surface area contributed by atoms with E-state index in [1.807, 2.05) is 25.1 Å². The number of aromatic nitrogens is 5. The third kappa shape index (κ3) is 8.73. The van der Waals surface area contributed by atoms with E-state index in [2.05, 4.69) is 44.4 Å². The molecule has 3 heterocycles. The standard InChI is InChI=1S/C33H34F3N7O2/c1-5-7-17-37-20-22(3)11-12-23(6-2)24-9-8-10-25(18-24)32(44)39-29-14-15-30(41-40-29)43-28(33(34,35)36)19-27(42-43)26-13-16-31(45-4)38-21-26/h6,8-16,18-19,21,37H,2,5,7,17,20H2,1,3-4H3,(H,39,40,44)/b22-11+,23-12+. The number of nitrogens with zero attached hydrogens (tertiary/aromatic N) is 5. The summed E-state index contributed by atoms with van der Waals surface area (Å²) in [6, 6.07) is 13.6. The molecule has 1 aromatic carbocycles. The number of alkyl halides is 3. The molecule has 0 aliphatic heterocycles. The number of rotatable bonds is 13. The zero-order valence-corrected chi connectivity index (χ0v) is 25.2. The van der Waals surface area contributed by atoms with E-state index in [9.17, 15) is 18.0 Å². The second-order valence-electron chi connectivity index (χ2n) is 10.1. The van der Waals surface area contributed by atoms with E-state index in [0.29, 0.717) is 21.7 Å². The topological polar surface area (TPSA) is 107 Å². The SMILES string of the molecule is C=C/C(=C\C=C(/C)CNCCCC)c1cccc(C(=O)Nc2ccc(-n3nc(-c4ccc(OC)nc4)cc3C(F)(F)F)nn2)c1. The molecule has 12 heteroatoms. The van der Waals surface area contributed by atoms with Crippen LogP contribution in [-0.2, 0) is 6.18 Å². The Kier molecular flexibility index (Phi) is 11.0. The van der Waals surface area contributed by atoms with Gasteiger partial charge >= 0.3 is 6.18 Å². The average Bonchev–Trinajstić information content (AvgIpc) is 3.51. The summed E-state index contributed by atoms with van der Waals surface area (Å²) in [5.74, 6) is -0.267. The van der Waals surface area contributed by atoms with Gasteiger partial charge in [0, 0.05) is 29.9 Å². The van der Waals surface area contributed by atoms with Crippen LogP contribution in [0.25, 0.3) is 22.6 Å². The van der Waals surface area contributed by atoms with E-state index in [4.69, 9.17) is 4.74 Å². The minimum atomic E-state index is -4.72. The fourth-order valence-corrected chi connectivity index (χ4v) is 4.25. The lowest BCUT2D eigenvalue weighted by Gasteiger charge is -2.10. The number of benzene rings is 1. The largest absolute Gasteiger partial charge is 0.481 e. The van der Waals surface area contributed by atoms with Gasteiger partial charge in [0.05, 0.1) is 12.8 Å². The third-order valence-corrected chi connectivity index (χ3v) is 6.69. The van der Waals surface area contributed by atoms with Crippen LogP contribution in [0.4, 0.5) is 19.0 Å². The summed E-state index contributed by atoms with van der Waals surface area (Å²) < 4.78 is 47.3. The van der Waals surface area contributed by atoms with Gasteiger partial charge in [-0.3, -0.25) is 4.79 Å². The molecular formula is C33H34F3N7O2. The zero-order valence-electron chi connectivity index (χ0n) is 25.2. The summed E-state index contributed by atoms with van der Waals surface area (Å²) in [5, 5.41) is 18.0. The van der Waals surface area contributed by atoms with Crippen LogP contribution in [0.2, 0.25) is 0 Å². The van der Waals surface area contributed by atoms with Crippen molar-refractivity contribution < 1.29 is 22.7 Å². The van der Waals surface area contributed by atoms with Gasteiger partial charge in [-0.2, -0.15) is 18.3 Å². The number of carbonyl (C=O) groups is 1. The third-order valence-electron chi connectivity index (χ3n) is 6.69. The van der Waals surface area contributed by atoms with E-state index < -0.39 is 17.8 Å². The highest BCUT2D eigenvalue weighted by atomic mass is 19.4. The number of ether oxygens (including phenoxy) is 1. The fourth-order valence-electron chi connectivity index (χ4n) is 4.25. The van der Waals surface area contributed by atoms with Gasteiger partial charge in [-0.05, 0) is 67.4 Å². The van der Waals surface area contributed by atoms with Crippen LogP contribution >= 0.6 is 0 Å². The number of halogens is 3. The number of amides is 1. The average molecular weight is 618 g/mol. The normalized spacial score (nSPS) is 12.2. The van der Waals surface area contributed by atoms with Crippen LogP contribution in [0.15, 0.2) is 91.2 Å². The molecule has 0 fully saturated rings. The molecule has 1 amide bonds. The first-order chi connectivity index (χ1) is 21.6. The molecule has 0 aliphatic carbocycles. The van der Waals surface area contributed by atoms with Crippen molar-refractivity contribution in [1.82, 2.24) is 30.3 Å². The molecule has 234 valence electrons. The summed E-state index contributed by atoms with van der Waals surface area (Å²) in [4.78, 5) is 17.1. The highest BCUT2D eigenvalue weighted by Crippen LogP contribution is 2.34. The van der Waals surface area contributed by atoms with Crippen LogP contribution < -0.4 is 15.4 Å². The second-order valence-corrected chi connectivity index (χ2v) is 10.1. The number of nitrogens with one attached hydrogen (secondary N) is 2. The maximum absolute atomic E-state index is 13.9. The molecule has 0 spiro atoms. The minimum absolute atomic E-state index is 0.0405. The summed E-state index contributed by atoms with van der Waals surface area (Å²) in [7, 11) is 1.44. The Hall–Kier alpha value is -5.10. The van der Waals surface area contributed by atoms with Crippen molar-refractivity contribution in [3.8, 4) is 23.0 Å². The van der Waals surface area contributed by atoms with E-state index in [1.54, 1.807) is 30.3 Å². The van der Waals surface area contributed by atoms with Crippen LogP contribution in [0, 0.1) is 0 Å². The maximum atomic E-state index is 13.9. The fraction of sp³-hybridized carbons (Fsp3) is 0.242. The van der Waals surface area contributed by atoms with Crippen molar-refractivity contribution >= 4 is 17.3 Å². The number of methoxy groups -OCH3 is 1. The summed E-state index contributed by atoms with van der Waals surface area (Å²) in [6.45, 7) is 9.84. The molecule has 0 bridgehead atoms. The summed E-state index contributed by atoms with van der Waals surface area (Å²) in [5.41, 5.74) is 2.51. The van der Waals surface area contributed by atoms with E-state index in [-0.39, 0.29) is 17.3 Å². The lowest BCUT2D eigenvalue weighted by molar-refractivity contribution is -0.142. The molecular weight excluding hydrogens is 583 g/mol. The first-order valence-electron chi connectivity index (χ1n) is 14.3. The first kappa shape index (κ1) is 32.8. The Morgan fingerprint density at radius 1 is 1.07 bits per heavy atom. The summed E-state index contributed by atoms with van der Waals surface area (Å²) >= 11 is 0. The monoisotopic (exact) mass is 617 g/mol. The predicted molar refractivity (Wildman–Crippen MR) is 168 cm³/mol. The lowest BCUT2D eigenvalue weighted by atomic mass is 10.0. The smallest absolute Gasteiger partial charge is 0.433 e. The van der Waals surface area contributed by atoms with Crippen molar-refractivity contribution in [2.24, 2.45) is 0 Å². The number of allylic oxidation sites excluding steroid dienone is 4. The Morgan fingerprint density at radius 3 is 2.51 bits per heavy atom. The minimum Gasteiger partial charge on any atom is -0.481 e. The van der Waals surface area contributed by atoms with Crippen LogP contribution in [0.1, 0.15) is 48.3 Å². The van der Waals surface area contributed by atoms with E-state index >= 15 is 0 Å². The van der Waals surface area contributed by atoms with Crippen LogP contribution in [-0.4, -0.2) is 51.1 Å². The molecule has 9 nitrogen and oxygen atoms in total. The van der Waals surface area contributed by atoms with E-state index in [1.165, 1.54) is 31.5 Å². The van der Waals surface area contributed by atoms with Crippen molar-refractivity contribution in [1.29, 1.82) is 0 Å². The van der Waals surface area contributed by atoms with Gasteiger partial charge in [0.2, 0.25) is 5.88 Å². The molecule has 3 aromatic heterocycles. The number of hydrogen-bond donors (Lipinski definition) is 2. The number of hydrogen-bond acceptors (Lipinski definition) is 7. The van der Waals surface area contributed by atoms with Gasteiger partial charge in [-0.25, -0.2) is 9.67 Å². The van der Waals surface area contributed by atoms with Gasteiger partial charge < -0.3 is 15.4 Å². The van der Waals surface area contributed by atoms with Gasteiger partial charge in [0.1, 0.15) is 0 Å². The Morgan fingerprint density at radius 2 is 1.87 bits per heavy atom. The quantitative estimate of drug-likeness (QED) is 0.124. The molecule has 0 saturated heterocycles. The van der Waals surface area contributed by atoms with Crippen molar-refractivity contribution in [3.05, 3.63) is 108 Å². The molecule has 0 saturated carbocycles. The van der Waals surface area contributed by atoms with E-state index in [0.717, 1.165) is 48.7 Å². The van der Waals surface area contributed by atoms with Gasteiger partial charge in [0.25, 0.3) is 5.91 Å². The molecule has 0 radical (unpaired) electrons. The van der Waals surface area contributed by atoms with Crippen molar-refractivity contribution in [3.63, 3.8) is 0 Å². The van der Waals surface area contributed by atoms with Gasteiger partial charge in [-0.1, -0.05) is 55.9 Å². The number of anilines is 1. The Labute approximate surface area is 259 Å². The Bertz CT molecular complexity index is 1680. The molecule has 0 unspecified atom stereocenters. The number of pyridine rings is 1. The first-order valence-corrected chi connectivity index (χ1v) is 14.3. The predicted octanol–water partition coefficient (Wildman–Crippen LogP) is 6.91. The van der Waals surface area contributed by atoms with Crippen molar-refractivity contribution in [2.75, 3.05) is 25.5 Å². The number of carbonyl (C=O) groups excluding carboxylic acids is 1. The number of unbranched alkanes of at least 4 members (excludes halogenated alkanes) is 1.